The van der Waals surface area contributed by atoms with E-state index >= 15 is 0 Å². The van der Waals surface area contributed by atoms with Gasteiger partial charge < -0.3 is 4.57 Å². The van der Waals surface area contributed by atoms with Crippen molar-refractivity contribution >= 4 is 22.1 Å². The number of hydrogen-bond donors (Lipinski definition) is 0. The molecule has 0 aliphatic heterocycles. The van der Waals surface area contributed by atoms with Crippen LogP contribution >= 0.6 is 11.3 Å². The zero-order valence-corrected chi connectivity index (χ0v) is 8.77. The summed E-state index contributed by atoms with van der Waals surface area (Å²) >= 11 is 1.53. The van der Waals surface area contributed by atoms with E-state index in [1.807, 2.05) is 47.6 Å². The van der Waals surface area contributed by atoms with Crippen LogP contribution in [0.15, 0.2) is 45.1 Å². The maximum Gasteiger partial charge on any atom is 0.0966 e. The van der Waals surface area contributed by atoms with E-state index in [4.69, 9.17) is 0 Å². The molecule has 2 heterocycles. The van der Waals surface area contributed by atoms with Gasteiger partial charge in [0.2, 0.25) is 0 Å². The largest absolute Gasteiger partial charge is 0.356 e. The van der Waals surface area contributed by atoms with Crippen molar-refractivity contribution in [2.24, 2.45) is 7.05 Å². The molecule has 0 aromatic carbocycles. The molecule has 68 valence electrons. The molecule has 0 radical (unpaired) electrons. The summed E-state index contributed by atoms with van der Waals surface area (Å²) in [5.41, 5.74) is 0. The summed E-state index contributed by atoms with van der Waals surface area (Å²) in [6.45, 7) is 0. The lowest BCUT2D eigenvalue weighted by atomic mass is 10.7. The molecule has 1 atom stereocenters. The summed E-state index contributed by atoms with van der Waals surface area (Å²) < 4.78 is 14.6. The molecule has 0 bridgehead atoms. The molecular weight excluding hydrogens is 202 g/mol. The minimum absolute atomic E-state index is 0.866. The third-order valence-corrected chi connectivity index (χ3v) is 4.27. The molecule has 2 nitrogen and oxygen atoms in total. The molecule has 4 heteroatoms. The highest BCUT2D eigenvalue weighted by molar-refractivity contribution is 7.87. The van der Waals surface area contributed by atoms with Gasteiger partial charge in [0, 0.05) is 19.4 Å². The Kier molecular flexibility index (Phi) is 2.33. The van der Waals surface area contributed by atoms with Crippen LogP contribution in [0.3, 0.4) is 0 Å². The van der Waals surface area contributed by atoms with E-state index in [0.29, 0.717) is 0 Å². The molecule has 2 aromatic heterocycles. The maximum atomic E-state index is 11.8. The predicted octanol–water partition coefficient (Wildman–Crippen LogP) is 2.25. The smallest absolute Gasteiger partial charge is 0.0966 e. The number of rotatable bonds is 2. The maximum absolute atomic E-state index is 11.8. The van der Waals surface area contributed by atoms with Crippen molar-refractivity contribution < 1.29 is 4.21 Å². The summed E-state index contributed by atoms with van der Waals surface area (Å²) in [5, 5.41) is 1.94. The van der Waals surface area contributed by atoms with E-state index < -0.39 is 10.8 Å². The normalized spacial score (nSPS) is 13.0. The van der Waals surface area contributed by atoms with Gasteiger partial charge in [-0.1, -0.05) is 6.07 Å². The summed E-state index contributed by atoms with van der Waals surface area (Å²) in [4.78, 5) is 0.866. The van der Waals surface area contributed by atoms with Crippen LogP contribution < -0.4 is 0 Å². The first-order valence-electron chi connectivity index (χ1n) is 3.84. The predicted molar refractivity (Wildman–Crippen MR) is 54.4 cm³/mol. The molecule has 0 spiro atoms. The van der Waals surface area contributed by atoms with E-state index in [2.05, 4.69) is 0 Å². The van der Waals surface area contributed by atoms with Gasteiger partial charge in [-0.05, 0) is 17.5 Å². The Morgan fingerprint density at radius 1 is 1.46 bits per heavy atom. The lowest BCUT2D eigenvalue weighted by Gasteiger charge is -1.93. The van der Waals surface area contributed by atoms with Gasteiger partial charge in [-0.25, -0.2) is 4.21 Å². The van der Waals surface area contributed by atoms with Crippen molar-refractivity contribution in [2.45, 2.75) is 9.10 Å². The lowest BCUT2D eigenvalue weighted by molar-refractivity contribution is 0.684. The van der Waals surface area contributed by atoms with Gasteiger partial charge in [0.25, 0.3) is 0 Å². The van der Waals surface area contributed by atoms with Crippen molar-refractivity contribution in [2.75, 3.05) is 0 Å². The Labute approximate surface area is 83.3 Å². The second-order valence-corrected chi connectivity index (χ2v) is 5.37. The van der Waals surface area contributed by atoms with Gasteiger partial charge in [0.1, 0.15) is 0 Å². The number of aryl methyl sites for hydroxylation is 1. The molecule has 2 aromatic rings. The lowest BCUT2D eigenvalue weighted by Crippen LogP contribution is -1.87. The van der Waals surface area contributed by atoms with Crippen LogP contribution in [0.25, 0.3) is 0 Å². The zero-order valence-electron chi connectivity index (χ0n) is 7.14. The van der Waals surface area contributed by atoms with Crippen molar-refractivity contribution in [1.82, 2.24) is 4.57 Å². The molecule has 0 saturated carbocycles. The zero-order chi connectivity index (χ0) is 9.26. The van der Waals surface area contributed by atoms with Gasteiger partial charge in [0.15, 0.2) is 0 Å². The second kappa shape index (κ2) is 3.47. The fourth-order valence-corrected chi connectivity index (χ4v) is 3.21. The van der Waals surface area contributed by atoms with Crippen LogP contribution in [0, 0.1) is 0 Å². The van der Waals surface area contributed by atoms with Crippen molar-refractivity contribution in [1.29, 1.82) is 0 Å². The molecule has 0 fully saturated rings. The average molecular weight is 211 g/mol. The molecule has 1 unspecified atom stereocenters. The van der Waals surface area contributed by atoms with Gasteiger partial charge >= 0.3 is 0 Å². The van der Waals surface area contributed by atoms with Crippen molar-refractivity contribution in [3.05, 3.63) is 36.0 Å². The Morgan fingerprint density at radius 2 is 2.31 bits per heavy atom. The summed E-state index contributed by atoms with van der Waals surface area (Å²) in [7, 11) is 0.929. The molecule has 0 saturated heterocycles. The van der Waals surface area contributed by atoms with E-state index in [1.165, 1.54) is 11.3 Å². The van der Waals surface area contributed by atoms with Crippen LogP contribution in [0.2, 0.25) is 0 Å². The van der Waals surface area contributed by atoms with E-state index in [-0.39, 0.29) is 0 Å². The molecule has 13 heavy (non-hydrogen) atoms. The average Bonchev–Trinajstić information content (AvgIpc) is 2.72. The topological polar surface area (TPSA) is 22.0 Å². The summed E-state index contributed by atoms with van der Waals surface area (Å²) in [6.07, 6.45) is 3.79. The minimum atomic E-state index is -0.997. The highest BCUT2D eigenvalue weighted by atomic mass is 32.2. The standard InChI is InChI=1S/C9H9NOS2/c1-10-5-4-8(7-10)13(11)9-3-2-6-12-9/h2-7H,1H3. The number of nitrogens with zero attached hydrogens (tertiary/aromatic N) is 1. The van der Waals surface area contributed by atoms with Gasteiger partial charge in [-0.2, -0.15) is 0 Å². The fraction of sp³-hybridized carbons (Fsp3) is 0.111. The van der Waals surface area contributed by atoms with Crippen molar-refractivity contribution in [3.63, 3.8) is 0 Å². The Hall–Kier alpha value is -0.870. The van der Waals surface area contributed by atoms with Crippen LogP contribution in [-0.2, 0) is 17.8 Å². The van der Waals surface area contributed by atoms with Gasteiger partial charge in [-0.3, -0.25) is 0 Å². The Bertz CT molecular complexity index is 417. The van der Waals surface area contributed by atoms with Crippen LogP contribution in [-0.4, -0.2) is 8.78 Å². The van der Waals surface area contributed by atoms with Crippen LogP contribution in [0.4, 0.5) is 0 Å². The first kappa shape index (κ1) is 8.72. The van der Waals surface area contributed by atoms with E-state index in [1.54, 1.807) is 0 Å². The van der Waals surface area contributed by atoms with E-state index in [9.17, 15) is 4.21 Å². The molecule has 2 rings (SSSR count). The molecule has 0 amide bonds. The fourth-order valence-electron chi connectivity index (χ4n) is 1.07. The monoisotopic (exact) mass is 211 g/mol. The summed E-state index contributed by atoms with van der Waals surface area (Å²) in [5.74, 6) is 0. The molecule has 0 aliphatic carbocycles. The van der Waals surface area contributed by atoms with Gasteiger partial charge in [0.05, 0.1) is 19.9 Å². The number of aromatic nitrogens is 1. The van der Waals surface area contributed by atoms with E-state index in [0.717, 1.165) is 9.10 Å². The van der Waals surface area contributed by atoms with Crippen LogP contribution in [0.5, 0.6) is 0 Å². The first-order chi connectivity index (χ1) is 6.27. The Morgan fingerprint density at radius 3 is 2.85 bits per heavy atom. The third-order valence-electron chi connectivity index (χ3n) is 1.70. The number of thiophene rings is 1. The molecular formula is C9H9NOS2. The minimum Gasteiger partial charge on any atom is -0.356 e. The van der Waals surface area contributed by atoms with Crippen LogP contribution in [0.1, 0.15) is 0 Å². The SMILES string of the molecule is Cn1ccc(S(=O)c2cccs2)c1. The molecule has 0 N–H and O–H groups in total. The van der Waals surface area contributed by atoms with Gasteiger partial charge in [-0.15, -0.1) is 11.3 Å². The number of hydrogen-bond acceptors (Lipinski definition) is 2. The Balaban J connectivity index is 2.33. The highest BCUT2D eigenvalue weighted by Gasteiger charge is 2.08. The first-order valence-corrected chi connectivity index (χ1v) is 5.87. The van der Waals surface area contributed by atoms with Crippen molar-refractivity contribution in [3.8, 4) is 0 Å². The third kappa shape index (κ3) is 1.73. The molecule has 0 aliphatic rings. The highest BCUT2D eigenvalue weighted by Crippen LogP contribution is 2.20. The quantitative estimate of drug-likeness (QED) is 0.746. The second-order valence-electron chi connectivity index (χ2n) is 2.71. The summed E-state index contributed by atoms with van der Waals surface area (Å²) in [6, 6.07) is 5.70.